The van der Waals surface area contributed by atoms with Crippen LogP contribution in [0.5, 0.6) is 0 Å². The molecule has 0 saturated heterocycles. The first-order chi connectivity index (χ1) is 12.7. The second-order valence-corrected chi connectivity index (χ2v) is 9.27. The molecule has 2 aliphatic rings. The fraction of sp³-hybridized carbons (Fsp3) is 0.636. The number of rotatable bonds is 4. The van der Waals surface area contributed by atoms with Gasteiger partial charge in [-0.2, -0.15) is 0 Å². The molecule has 2 fully saturated rings. The van der Waals surface area contributed by atoms with E-state index in [1.54, 1.807) is 0 Å². The number of carbonyl (C=O) groups excluding carboxylic acids is 1. The van der Waals surface area contributed by atoms with Crippen molar-refractivity contribution in [2.45, 2.75) is 77.5 Å². The van der Waals surface area contributed by atoms with Crippen molar-refractivity contribution in [1.29, 1.82) is 0 Å². The molecule has 0 aromatic heterocycles. The van der Waals surface area contributed by atoms with E-state index in [1.807, 2.05) is 56.0 Å². The zero-order valence-electron chi connectivity index (χ0n) is 16.6. The number of benzene rings is 1. The highest BCUT2D eigenvalue weighted by atomic mass is 16.6. The van der Waals surface area contributed by atoms with Gasteiger partial charge < -0.3 is 14.7 Å². The molecule has 148 valence electrons. The van der Waals surface area contributed by atoms with Gasteiger partial charge in [0.1, 0.15) is 5.60 Å². The Bertz CT molecular complexity index is 663. The van der Waals surface area contributed by atoms with Crippen molar-refractivity contribution in [3.05, 3.63) is 35.9 Å². The Morgan fingerprint density at radius 1 is 1.15 bits per heavy atom. The molecule has 1 N–H and O–H groups in total. The maximum absolute atomic E-state index is 12.8. The maximum atomic E-state index is 12.8. The number of carboxylic acids is 1. The number of hydrogen-bond acceptors (Lipinski definition) is 3. The molecule has 0 aliphatic heterocycles. The number of aliphatic carboxylic acids is 1. The molecule has 1 aromatic rings. The number of hydrogen-bond donors (Lipinski definition) is 1. The topological polar surface area (TPSA) is 66.8 Å². The van der Waals surface area contributed by atoms with Crippen LogP contribution in [-0.2, 0) is 16.1 Å². The van der Waals surface area contributed by atoms with E-state index in [0.717, 1.165) is 44.1 Å². The molecule has 1 amide bonds. The molecule has 5 heteroatoms. The van der Waals surface area contributed by atoms with Crippen molar-refractivity contribution in [1.82, 2.24) is 4.90 Å². The Hall–Kier alpha value is -2.04. The van der Waals surface area contributed by atoms with Crippen LogP contribution in [-0.4, -0.2) is 33.7 Å². The van der Waals surface area contributed by atoms with Gasteiger partial charge in [0, 0.05) is 12.6 Å². The molecule has 1 spiro atoms. The highest BCUT2D eigenvalue weighted by molar-refractivity contribution is 5.70. The van der Waals surface area contributed by atoms with Crippen molar-refractivity contribution >= 4 is 12.1 Å². The standard InChI is InChI=1S/C22H31NO4/c1-21(2,3)27-20(26)23(15-16-7-5-4-6-8-16)18-13-22(14-18)11-9-17(10-12-22)19(24)25/h4-8,17-18H,9-15H2,1-3H3,(H,24,25). The molecule has 0 unspecified atom stereocenters. The third-order valence-corrected chi connectivity index (χ3v) is 6.00. The largest absolute Gasteiger partial charge is 0.481 e. The van der Waals surface area contributed by atoms with Crippen molar-refractivity contribution in [3.8, 4) is 0 Å². The summed E-state index contributed by atoms with van der Waals surface area (Å²) in [4.78, 5) is 25.9. The van der Waals surface area contributed by atoms with Crippen LogP contribution < -0.4 is 0 Å². The first-order valence-corrected chi connectivity index (χ1v) is 9.94. The lowest BCUT2D eigenvalue weighted by Crippen LogP contribution is -2.54. The lowest BCUT2D eigenvalue weighted by atomic mass is 9.56. The van der Waals surface area contributed by atoms with Crippen LogP contribution in [0, 0.1) is 11.3 Å². The molecule has 5 nitrogen and oxygen atoms in total. The predicted molar refractivity (Wildman–Crippen MR) is 103 cm³/mol. The molecule has 3 rings (SSSR count). The summed E-state index contributed by atoms with van der Waals surface area (Å²) in [6.07, 6.45) is 5.06. The van der Waals surface area contributed by atoms with Gasteiger partial charge in [0.25, 0.3) is 0 Å². The first kappa shape index (κ1) is 19.7. The van der Waals surface area contributed by atoms with Gasteiger partial charge in [-0.05, 0) is 70.3 Å². The Kier molecular flexibility index (Phi) is 5.50. The number of carboxylic acid groups (broad SMARTS) is 1. The fourth-order valence-corrected chi connectivity index (χ4v) is 4.49. The second-order valence-electron chi connectivity index (χ2n) is 9.27. The van der Waals surface area contributed by atoms with E-state index in [0.29, 0.717) is 6.54 Å². The Labute approximate surface area is 161 Å². The number of amides is 1. The maximum Gasteiger partial charge on any atom is 0.410 e. The van der Waals surface area contributed by atoms with Crippen molar-refractivity contribution < 1.29 is 19.4 Å². The predicted octanol–water partition coefficient (Wildman–Crippen LogP) is 4.85. The van der Waals surface area contributed by atoms with Gasteiger partial charge in [0.05, 0.1) is 5.92 Å². The van der Waals surface area contributed by atoms with Crippen LogP contribution in [0.3, 0.4) is 0 Å². The minimum Gasteiger partial charge on any atom is -0.481 e. The fourth-order valence-electron chi connectivity index (χ4n) is 4.49. The molecule has 2 aliphatic carbocycles. The SMILES string of the molecule is CC(C)(C)OC(=O)N(Cc1ccccc1)C1CC2(CCC(C(=O)O)CC2)C1. The third kappa shape index (κ3) is 4.82. The minimum absolute atomic E-state index is 0.168. The number of carbonyl (C=O) groups is 2. The molecule has 0 atom stereocenters. The van der Waals surface area contributed by atoms with E-state index >= 15 is 0 Å². The summed E-state index contributed by atoms with van der Waals surface area (Å²) in [5, 5.41) is 9.21. The van der Waals surface area contributed by atoms with Gasteiger partial charge in [-0.3, -0.25) is 4.79 Å². The molecular weight excluding hydrogens is 342 g/mol. The molecule has 27 heavy (non-hydrogen) atoms. The second kappa shape index (κ2) is 7.53. The normalized spacial score (nSPS) is 27.7. The average molecular weight is 373 g/mol. The van der Waals surface area contributed by atoms with Gasteiger partial charge in [-0.15, -0.1) is 0 Å². The van der Waals surface area contributed by atoms with Gasteiger partial charge in [-0.25, -0.2) is 4.79 Å². The van der Waals surface area contributed by atoms with Crippen LogP contribution in [0.25, 0.3) is 0 Å². The van der Waals surface area contributed by atoms with E-state index < -0.39 is 11.6 Å². The quantitative estimate of drug-likeness (QED) is 0.819. The molecule has 0 bridgehead atoms. The molecule has 1 aromatic carbocycles. The van der Waals surface area contributed by atoms with E-state index in [4.69, 9.17) is 4.74 Å². The summed E-state index contributed by atoms with van der Waals surface area (Å²) in [5.74, 6) is -0.860. The summed E-state index contributed by atoms with van der Waals surface area (Å²) < 4.78 is 5.66. The summed E-state index contributed by atoms with van der Waals surface area (Å²) >= 11 is 0. The highest BCUT2D eigenvalue weighted by Gasteiger charge is 2.50. The third-order valence-electron chi connectivity index (χ3n) is 6.00. The van der Waals surface area contributed by atoms with E-state index in [-0.39, 0.29) is 23.5 Å². The Morgan fingerprint density at radius 3 is 2.26 bits per heavy atom. The molecule has 2 saturated carbocycles. The summed E-state index contributed by atoms with van der Waals surface area (Å²) in [7, 11) is 0. The molecule has 0 radical (unpaired) electrons. The van der Waals surface area contributed by atoms with Crippen LogP contribution in [0.2, 0.25) is 0 Å². The lowest BCUT2D eigenvalue weighted by Gasteiger charge is -2.54. The Morgan fingerprint density at radius 2 is 1.74 bits per heavy atom. The highest BCUT2D eigenvalue weighted by Crippen LogP contribution is 2.54. The molecule has 0 heterocycles. The summed E-state index contributed by atoms with van der Waals surface area (Å²) in [5.41, 5.74) is 0.791. The van der Waals surface area contributed by atoms with Crippen molar-refractivity contribution in [2.75, 3.05) is 0 Å². The zero-order valence-corrected chi connectivity index (χ0v) is 16.6. The van der Waals surface area contributed by atoms with Crippen LogP contribution in [0.4, 0.5) is 4.79 Å². The van der Waals surface area contributed by atoms with E-state index in [9.17, 15) is 14.7 Å². The average Bonchev–Trinajstić information content (AvgIpc) is 2.57. The van der Waals surface area contributed by atoms with Crippen LogP contribution >= 0.6 is 0 Å². The smallest absolute Gasteiger partial charge is 0.410 e. The van der Waals surface area contributed by atoms with Gasteiger partial charge in [0.2, 0.25) is 0 Å². The monoisotopic (exact) mass is 373 g/mol. The van der Waals surface area contributed by atoms with E-state index in [2.05, 4.69) is 0 Å². The summed E-state index contributed by atoms with van der Waals surface area (Å²) in [6.45, 7) is 6.22. The first-order valence-electron chi connectivity index (χ1n) is 9.94. The van der Waals surface area contributed by atoms with Crippen molar-refractivity contribution in [3.63, 3.8) is 0 Å². The lowest BCUT2D eigenvalue weighted by molar-refractivity contribution is -0.145. The summed E-state index contributed by atoms with van der Waals surface area (Å²) in [6, 6.07) is 10.2. The zero-order chi connectivity index (χ0) is 19.7. The minimum atomic E-state index is -0.666. The van der Waals surface area contributed by atoms with Crippen LogP contribution in [0.1, 0.15) is 64.9 Å². The number of nitrogens with zero attached hydrogens (tertiary/aromatic N) is 1. The van der Waals surface area contributed by atoms with Crippen molar-refractivity contribution in [2.24, 2.45) is 11.3 Å². The van der Waals surface area contributed by atoms with Crippen LogP contribution in [0.15, 0.2) is 30.3 Å². The van der Waals surface area contributed by atoms with Gasteiger partial charge in [0.15, 0.2) is 0 Å². The number of ether oxygens (including phenoxy) is 1. The Balaban J connectivity index is 1.66. The van der Waals surface area contributed by atoms with E-state index in [1.165, 1.54) is 0 Å². The van der Waals surface area contributed by atoms with Gasteiger partial charge >= 0.3 is 12.1 Å². The van der Waals surface area contributed by atoms with Gasteiger partial charge in [-0.1, -0.05) is 30.3 Å². The molecular formula is C22H31NO4.